The molecule has 0 radical (unpaired) electrons. The summed E-state index contributed by atoms with van der Waals surface area (Å²) in [6.07, 6.45) is 3.81. The van der Waals surface area contributed by atoms with Crippen LogP contribution in [0.3, 0.4) is 0 Å². The van der Waals surface area contributed by atoms with Gasteiger partial charge in [0.15, 0.2) is 11.6 Å². The van der Waals surface area contributed by atoms with Gasteiger partial charge in [0, 0.05) is 30.1 Å². The summed E-state index contributed by atoms with van der Waals surface area (Å²) < 4.78 is 40.1. The average Bonchev–Trinajstić information content (AvgIpc) is 3.23. The molecule has 0 amide bonds. The zero-order valence-electron chi connectivity index (χ0n) is 19.3. The average molecular weight is 517 g/mol. The van der Waals surface area contributed by atoms with Crippen LogP contribution in [0.4, 0.5) is 8.78 Å². The van der Waals surface area contributed by atoms with Crippen molar-refractivity contribution in [3.63, 3.8) is 0 Å². The van der Waals surface area contributed by atoms with Gasteiger partial charge in [0.1, 0.15) is 28.9 Å². The number of carbonyl (C=O) groups is 1. The van der Waals surface area contributed by atoms with Crippen LogP contribution < -0.4 is 10.3 Å². The number of rotatable bonds is 7. The van der Waals surface area contributed by atoms with Crippen molar-refractivity contribution in [2.75, 3.05) is 6.61 Å². The maximum absolute atomic E-state index is 13.9. The van der Waals surface area contributed by atoms with Crippen molar-refractivity contribution < 1.29 is 23.0 Å². The first-order chi connectivity index (χ1) is 17.2. The Bertz CT molecular complexity index is 1520. The molecule has 4 rings (SSSR count). The number of ether oxygens (including phenoxy) is 2. The van der Waals surface area contributed by atoms with Crippen molar-refractivity contribution in [1.29, 1.82) is 0 Å². The Kier molecular flexibility index (Phi) is 7.06. The van der Waals surface area contributed by atoms with E-state index in [1.807, 2.05) is 0 Å². The Morgan fingerprint density at radius 3 is 2.69 bits per heavy atom. The van der Waals surface area contributed by atoms with Gasteiger partial charge < -0.3 is 9.47 Å². The maximum Gasteiger partial charge on any atom is 0.376 e. The molecule has 4 aromatic rings. The molecule has 0 spiro atoms. The predicted molar refractivity (Wildman–Crippen MR) is 124 cm³/mol. The summed E-state index contributed by atoms with van der Waals surface area (Å²) in [5, 5.41) is 4.14. The number of aromatic nitrogens is 6. The third-order valence-electron chi connectivity index (χ3n) is 5.00. The van der Waals surface area contributed by atoms with Crippen LogP contribution in [-0.2, 0) is 11.3 Å². The molecule has 0 aliphatic carbocycles. The van der Waals surface area contributed by atoms with Gasteiger partial charge in [0.05, 0.1) is 30.4 Å². The highest BCUT2D eigenvalue weighted by Gasteiger charge is 2.19. The lowest BCUT2D eigenvalue weighted by atomic mass is 10.3. The number of halogens is 3. The van der Waals surface area contributed by atoms with Crippen LogP contribution in [-0.4, -0.2) is 41.9 Å². The third kappa shape index (κ3) is 4.93. The highest BCUT2D eigenvalue weighted by atomic mass is 35.5. The van der Waals surface area contributed by atoms with E-state index in [-0.39, 0.29) is 41.3 Å². The summed E-state index contributed by atoms with van der Waals surface area (Å²) in [5.74, 6) is -2.20. The summed E-state index contributed by atoms with van der Waals surface area (Å²) in [4.78, 5) is 36.8. The van der Waals surface area contributed by atoms with Crippen LogP contribution in [0, 0.1) is 25.5 Å². The molecule has 186 valence electrons. The van der Waals surface area contributed by atoms with Gasteiger partial charge in [-0.05, 0) is 20.8 Å². The monoisotopic (exact) mass is 516 g/mol. The number of aryl methyl sites for hydroxylation is 2. The second kappa shape index (κ2) is 10.2. The Morgan fingerprint density at radius 1 is 1.19 bits per heavy atom. The highest BCUT2D eigenvalue weighted by Crippen LogP contribution is 2.26. The van der Waals surface area contributed by atoms with Crippen molar-refractivity contribution in [1.82, 2.24) is 29.3 Å². The standard InChI is InChI=1S/C23H19ClF2N6O4/c1-4-35-23(34)21-27-6-5-19(29-21)31-10-17(13(3)30-31)32-12(2)7-18(20(24)22(32)33)36-11-16-15(26)8-14(25)9-28-16/h5-10H,4,11H2,1-3H3. The van der Waals surface area contributed by atoms with Gasteiger partial charge in [-0.3, -0.25) is 14.3 Å². The molecule has 0 saturated carbocycles. The van der Waals surface area contributed by atoms with Gasteiger partial charge in [-0.2, -0.15) is 5.10 Å². The van der Waals surface area contributed by atoms with E-state index in [0.717, 1.165) is 6.20 Å². The van der Waals surface area contributed by atoms with Gasteiger partial charge >= 0.3 is 5.97 Å². The van der Waals surface area contributed by atoms with E-state index >= 15 is 0 Å². The number of hydrogen-bond donors (Lipinski definition) is 0. The lowest BCUT2D eigenvalue weighted by Gasteiger charge is -2.13. The Balaban J connectivity index is 1.66. The fourth-order valence-corrected chi connectivity index (χ4v) is 3.53. The van der Waals surface area contributed by atoms with E-state index in [4.69, 9.17) is 21.1 Å². The van der Waals surface area contributed by atoms with Gasteiger partial charge in [0.2, 0.25) is 5.82 Å². The quantitative estimate of drug-likeness (QED) is 0.343. The largest absolute Gasteiger partial charge is 0.485 e. The molecule has 0 bridgehead atoms. The molecule has 36 heavy (non-hydrogen) atoms. The fourth-order valence-electron chi connectivity index (χ4n) is 3.34. The fraction of sp³-hybridized carbons (Fsp3) is 0.217. The SMILES string of the molecule is CCOC(=O)c1nccc(-n2cc(-n3c(C)cc(OCc4ncc(F)cc4F)c(Cl)c3=O)c(C)n2)n1. The van der Waals surface area contributed by atoms with E-state index in [1.54, 1.807) is 33.0 Å². The Hall–Kier alpha value is -4.19. The zero-order valence-corrected chi connectivity index (χ0v) is 20.1. The molecule has 10 nitrogen and oxygen atoms in total. The molecule has 0 aliphatic rings. The van der Waals surface area contributed by atoms with Crippen molar-refractivity contribution >= 4 is 17.6 Å². The summed E-state index contributed by atoms with van der Waals surface area (Å²) in [6, 6.07) is 3.73. The lowest BCUT2D eigenvalue weighted by Crippen LogP contribution is -2.22. The highest BCUT2D eigenvalue weighted by molar-refractivity contribution is 6.31. The van der Waals surface area contributed by atoms with Crippen LogP contribution in [0.5, 0.6) is 5.75 Å². The molecule has 0 aliphatic heterocycles. The van der Waals surface area contributed by atoms with Crippen LogP contribution in [0.2, 0.25) is 5.02 Å². The first-order valence-corrected chi connectivity index (χ1v) is 11.0. The normalized spacial score (nSPS) is 10.9. The first kappa shape index (κ1) is 24.9. The molecule has 0 fully saturated rings. The minimum atomic E-state index is -0.880. The van der Waals surface area contributed by atoms with Gasteiger partial charge in [0.25, 0.3) is 5.56 Å². The van der Waals surface area contributed by atoms with Crippen molar-refractivity contribution in [3.05, 3.63) is 86.7 Å². The molecular weight excluding hydrogens is 498 g/mol. The van der Waals surface area contributed by atoms with Crippen molar-refractivity contribution in [2.24, 2.45) is 0 Å². The number of hydrogen-bond acceptors (Lipinski definition) is 8. The van der Waals surface area contributed by atoms with Crippen molar-refractivity contribution in [3.8, 4) is 17.3 Å². The Morgan fingerprint density at radius 2 is 1.97 bits per heavy atom. The van der Waals surface area contributed by atoms with Crippen molar-refractivity contribution in [2.45, 2.75) is 27.4 Å². The molecule has 0 saturated heterocycles. The second-order valence-electron chi connectivity index (χ2n) is 7.48. The van der Waals surface area contributed by atoms with Crippen LogP contribution in [0.25, 0.3) is 11.5 Å². The molecule has 0 aromatic carbocycles. The third-order valence-corrected chi connectivity index (χ3v) is 5.34. The number of carbonyl (C=O) groups excluding carboxylic acids is 1. The van der Waals surface area contributed by atoms with E-state index in [9.17, 15) is 18.4 Å². The number of nitrogens with zero attached hydrogens (tertiary/aromatic N) is 6. The zero-order chi connectivity index (χ0) is 26.0. The van der Waals surface area contributed by atoms with Gasteiger partial charge in [-0.1, -0.05) is 11.6 Å². The first-order valence-electron chi connectivity index (χ1n) is 10.6. The molecule has 4 aromatic heterocycles. The van der Waals surface area contributed by atoms with E-state index in [1.165, 1.54) is 21.5 Å². The predicted octanol–water partition coefficient (Wildman–Crippen LogP) is 3.51. The number of pyridine rings is 2. The summed E-state index contributed by atoms with van der Waals surface area (Å²) in [7, 11) is 0. The Labute approximate surface area is 208 Å². The van der Waals surface area contributed by atoms with Crippen LogP contribution in [0.15, 0.2) is 41.6 Å². The van der Waals surface area contributed by atoms with Crippen LogP contribution in [0.1, 0.15) is 34.6 Å². The lowest BCUT2D eigenvalue weighted by molar-refractivity contribution is 0.0511. The second-order valence-corrected chi connectivity index (χ2v) is 7.86. The van der Waals surface area contributed by atoms with E-state index in [0.29, 0.717) is 23.1 Å². The summed E-state index contributed by atoms with van der Waals surface area (Å²) >= 11 is 6.28. The molecule has 0 unspecified atom stereocenters. The molecule has 4 heterocycles. The minimum Gasteiger partial charge on any atom is -0.485 e. The molecule has 0 N–H and O–H groups in total. The smallest absolute Gasteiger partial charge is 0.376 e. The van der Waals surface area contributed by atoms with E-state index in [2.05, 4.69) is 20.1 Å². The van der Waals surface area contributed by atoms with Gasteiger partial charge in [-0.25, -0.2) is 28.2 Å². The minimum absolute atomic E-state index is 0.0147. The molecule has 13 heteroatoms. The van der Waals surface area contributed by atoms with Gasteiger partial charge in [-0.15, -0.1) is 0 Å². The maximum atomic E-state index is 13.9. The molecule has 0 atom stereocenters. The molecular formula is C23H19ClF2N6O4. The summed E-state index contributed by atoms with van der Waals surface area (Å²) in [6.45, 7) is 4.83. The van der Waals surface area contributed by atoms with E-state index < -0.39 is 23.2 Å². The number of esters is 1. The topological polar surface area (TPSA) is 114 Å². The van der Waals surface area contributed by atoms with Crippen LogP contribution >= 0.6 is 11.6 Å². The summed E-state index contributed by atoms with van der Waals surface area (Å²) in [5.41, 5.74) is 0.590.